The van der Waals surface area contributed by atoms with E-state index >= 15 is 0 Å². The van der Waals surface area contributed by atoms with E-state index in [-0.39, 0.29) is 28.9 Å². The first-order valence-corrected chi connectivity index (χ1v) is 9.46. The van der Waals surface area contributed by atoms with Crippen LogP contribution in [-0.4, -0.2) is 57.3 Å². The molecule has 4 N–H and O–H groups in total. The molecule has 27 heavy (non-hydrogen) atoms. The van der Waals surface area contributed by atoms with Crippen molar-refractivity contribution in [2.75, 3.05) is 12.8 Å². The molecule has 0 radical (unpaired) electrons. The van der Waals surface area contributed by atoms with Crippen molar-refractivity contribution in [1.29, 1.82) is 0 Å². The van der Waals surface area contributed by atoms with Crippen molar-refractivity contribution in [2.24, 2.45) is 5.16 Å². The monoisotopic (exact) mass is 395 g/mol. The lowest BCUT2D eigenvalue weighted by Crippen LogP contribution is -2.72. The third-order valence-corrected chi connectivity index (χ3v) is 5.62. The molecule has 10 nitrogen and oxygen atoms in total. The zero-order valence-electron chi connectivity index (χ0n) is 14.8. The van der Waals surface area contributed by atoms with Gasteiger partial charge < -0.3 is 25.9 Å². The van der Waals surface area contributed by atoms with Crippen molar-refractivity contribution in [3.8, 4) is 0 Å². The smallest absolute Gasteiger partial charge is 0.329 e. The number of rotatable bonds is 6. The summed E-state index contributed by atoms with van der Waals surface area (Å²) in [5.74, 6) is -1.93. The Morgan fingerprint density at radius 2 is 2.15 bits per heavy atom. The standard InChI is InChI=1S/C16H21N5O5S/c1-26-20-12(9-8-27-15(17)18-9)13(23)19-10-7-11(22)21(10)16(14(24)25)5-3-2-4-6-16/h8,10H,2-7H2,1H3,(H2,17,18)(H,19,23)(H,24,25)/b20-12+. The fourth-order valence-electron chi connectivity index (χ4n) is 3.68. The Morgan fingerprint density at radius 3 is 2.67 bits per heavy atom. The van der Waals surface area contributed by atoms with Crippen molar-refractivity contribution in [3.63, 3.8) is 0 Å². The molecule has 0 spiro atoms. The molecule has 1 aromatic heterocycles. The number of nitrogen functional groups attached to an aromatic ring is 1. The number of hydrogen-bond acceptors (Lipinski definition) is 8. The van der Waals surface area contributed by atoms with Crippen molar-refractivity contribution in [1.82, 2.24) is 15.2 Å². The molecule has 2 heterocycles. The number of nitrogens with one attached hydrogen (secondary N) is 1. The van der Waals surface area contributed by atoms with Crippen LogP contribution in [0.15, 0.2) is 10.5 Å². The molecule has 2 aliphatic rings. The van der Waals surface area contributed by atoms with E-state index in [2.05, 4.69) is 15.5 Å². The van der Waals surface area contributed by atoms with Gasteiger partial charge in [0.15, 0.2) is 10.8 Å². The van der Waals surface area contributed by atoms with E-state index in [4.69, 9.17) is 10.6 Å². The van der Waals surface area contributed by atoms with Crippen LogP contribution in [0.1, 0.15) is 44.2 Å². The van der Waals surface area contributed by atoms with Gasteiger partial charge in [-0.15, -0.1) is 11.3 Å². The minimum absolute atomic E-state index is 0.0419. The van der Waals surface area contributed by atoms with Crippen molar-refractivity contribution < 1.29 is 24.3 Å². The molecule has 2 amide bonds. The number of aromatic nitrogens is 1. The van der Waals surface area contributed by atoms with Crippen LogP contribution >= 0.6 is 11.3 Å². The molecule has 1 aromatic rings. The first-order valence-electron chi connectivity index (χ1n) is 8.58. The number of carboxylic acid groups (broad SMARTS) is 1. The summed E-state index contributed by atoms with van der Waals surface area (Å²) in [5.41, 5.74) is 4.50. The maximum absolute atomic E-state index is 12.7. The number of nitrogens with zero attached hydrogens (tertiary/aromatic N) is 3. The number of carbonyl (C=O) groups is 3. The van der Waals surface area contributed by atoms with Crippen molar-refractivity contribution in [3.05, 3.63) is 11.1 Å². The molecule has 0 bridgehead atoms. The molecule has 11 heteroatoms. The summed E-state index contributed by atoms with van der Waals surface area (Å²) in [6, 6.07) is 0. The quantitative estimate of drug-likeness (QED) is 0.362. The third kappa shape index (κ3) is 3.46. The predicted molar refractivity (Wildman–Crippen MR) is 96.9 cm³/mol. The van der Waals surface area contributed by atoms with Crippen LogP contribution in [0.3, 0.4) is 0 Å². The number of amides is 2. The molecule has 3 rings (SSSR count). The van der Waals surface area contributed by atoms with E-state index in [9.17, 15) is 19.5 Å². The molecule has 1 atom stereocenters. The van der Waals surface area contributed by atoms with Crippen LogP contribution in [0.25, 0.3) is 0 Å². The third-order valence-electron chi connectivity index (χ3n) is 4.95. The SMILES string of the molecule is CO/N=C(/C(=O)NC1CC(=O)N1C1(C(=O)O)CCCCC1)c1csc(N)n1. The highest BCUT2D eigenvalue weighted by atomic mass is 32.1. The fourth-order valence-corrected chi connectivity index (χ4v) is 4.22. The molecular weight excluding hydrogens is 374 g/mol. The van der Waals surface area contributed by atoms with Crippen LogP contribution < -0.4 is 11.1 Å². The van der Waals surface area contributed by atoms with Crippen LogP contribution in [0, 0.1) is 0 Å². The van der Waals surface area contributed by atoms with Gasteiger partial charge in [-0.1, -0.05) is 24.4 Å². The van der Waals surface area contributed by atoms with Gasteiger partial charge >= 0.3 is 5.97 Å². The molecular formula is C16H21N5O5S. The van der Waals surface area contributed by atoms with Gasteiger partial charge in [-0.3, -0.25) is 9.59 Å². The minimum atomic E-state index is -1.27. The summed E-state index contributed by atoms with van der Waals surface area (Å²) in [4.78, 5) is 46.9. The Morgan fingerprint density at radius 1 is 1.44 bits per heavy atom. The van der Waals surface area contributed by atoms with Gasteiger partial charge in [-0.2, -0.15) is 0 Å². The first-order chi connectivity index (χ1) is 12.9. The summed E-state index contributed by atoms with van der Waals surface area (Å²) in [5, 5.41) is 18.0. The second-order valence-corrected chi connectivity index (χ2v) is 7.44. The Balaban J connectivity index is 1.79. The minimum Gasteiger partial charge on any atom is -0.479 e. The second-order valence-electron chi connectivity index (χ2n) is 6.55. The van der Waals surface area contributed by atoms with Crippen LogP contribution in [0.5, 0.6) is 0 Å². The summed E-state index contributed by atoms with van der Waals surface area (Å²) in [6.07, 6.45) is 2.47. The zero-order chi connectivity index (χ0) is 19.6. The fraction of sp³-hybridized carbons (Fsp3) is 0.562. The number of β-lactam (4-membered cyclic amide) rings is 1. The van der Waals surface area contributed by atoms with E-state index < -0.39 is 23.6 Å². The first kappa shape index (κ1) is 19.1. The Hall–Kier alpha value is -2.69. The highest BCUT2D eigenvalue weighted by molar-refractivity contribution is 7.13. The van der Waals surface area contributed by atoms with E-state index in [1.54, 1.807) is 5.38 Å². The lowest BCUT2D eigenvalue weighted by molar-refractivity contribution is -0.178. The topological polar surface area (TPSA) is 147 Å². The average molecular weight is 395 g/mol. The number of oxime groups is 1. The Bertz CT molecular complexity index is 786. The summed E-state index contributed by atoms with van der Waals surface area (Å²) >= 11 is 1.15. The molecule has 0 aromatic carbocycles. The molecule has 1 aliphatic carbocycles. The maximum atomic E-state index is 12.7. The van der Waals surface area contributed by atoms with Gasteiger partial charge in [-0.25, -0.2) is 9.78 Å². The maximum Gasteiger partial charge on any atom is 0.329 e. The van der Waals surface area contributed by atoms with Gasteiger partial charge in [0, 0.05) is 5.38 Å². The van der Waals surface area contributed by atoms with Gasteiger partial charge in [0.1, 0.15) is 24.5 Å². The Labute approximate surface area is 159 Å². The van der Waals surface area contributed by atoms with E-state index in [1.807, 2.05) is 0 Å². The predicted octanol–water partition coefficient (Wildman–Crippen LogP) is 0.538. The number of nitrogens with two attached hydrogens (primary N) is 1. The highest BCUT2D eigenvalue weighted by Gasteiger charge is 2.55. The van der Waals surface area contributed by atoms with E-state index in [0.717, 1.165) is 30.6 Å². The number of carboxylic acids is 1. The molecule has 1 saturated carbocycles. The molecule has 146 valence electrons. The number of carbonyl (C=O) groups excluding carboxylic acids is 2. The van der Waals surface area contributed by atoms with Gasteiger partial charge in [-0.05, 0) is 12.8 Å². The highest BCUT2D eigenvalue weighted by Crippen LogP contribution is 2.39. The molecule has 2 fully saturated rings. The van der Waals surface area contributed by atoms with Crippen LogP contribution in [0.2, 0.25) is 0 Å². The largest absolute Gasteiger partial charge is 0.479 e. The van der Waals surface area contributed by atoms with Gasteiger partial charge in [0.05, 0.1) is 6.42 Å². The van der Waals surface area contributed by atoms with Crippen molar-refractivity contribution in [2.45, 2.75) is 50.2 Å². The number of hydrogen-bond donors (Lipinski definition) is 3. The van der Waals surface area contributed by atoms with Crippen LogP contribution in [-0.2, 0) is 19.2 Å². The number of thiazole rings is 1. The Kier molecular flexibility index (Phi) is 5.31. The number of aliphatic carboxylic acids is 1. The van der Waals surface area contributed by atoms with Crippen molar-refractivity contribution >= 4 is 40.0 Å². The zero-order valence-corrected chi connectivity index (χ0v) is 15.6. The summed E-state index contributed by atoms with van der Waals surface area (Å²) in [6.45, 7) is 0. The number of likely N-dealkylation sites (tertiary alicyclic amines) is 1. The summed E-state index contributed by atoms with van der Waals surface area (Å²) < 4.78 is 0. The molecule has 1 saturated heterocycles. The van der Waals surface area contributed by atoms with Gasteiger partial charge in [0.25, 0.3) is 5.91 Å². The summed E-state index contributed by atoms with van der Waals surface area (Å²) in [7, 11) is 1.30. The van der Waals surface area contributed by atoms with Crippen LogP contribution in [0.4, 0.5) is 5.13 Å². The number of anilines is 1. The second kappa shape index (κ2) is 7.51. The lowest BCUT2D eigenvalue weighted by Gasteiger charge is -2.52. The van der Waals surface area contributed by atoms with Gasteiger partial charge in [0.2, 0.25) is 5.91 Å². The van der Waals surface area contributed by atoms with E-state index in [1.165, 1.54) is 12.0 Å². The van der Waals surface area contributed by atoms with E-state index in [0.29, 0.717) is 12.8 Å². The lowest BCUT2D eigenvalue weighted by atomic mass is 9.77. The average Bonchev–Trinajstić information content (AvgIpc) is 3.05. The molecule has 1 unspecified atom stereocenters. The normalized spacial score (nSPS) is 22.1. The molecule has 1 aliphatic heterocycles.